The zero-order valence-corrected chi connectivity index (χ0v) is 17.0. The number of hydrogen-bond acceptors (Lipinski definition) is 5. The first-order valence-electron chi connectivity index (χ1n) is 10.4. The molecule has 29 heavy (non-hydrogen) atoms. The summed E-state index contributed by atoms with van der Waals surface area (Å²) >= 11 is 0. The molecule has 0 spiro atoms. The summed E-state index contributed by atoms with van der Waals surface area (Å²) in [6.45, 7) is 6.18. The number of rotatable bonds is 7. The molecule has 0 radical (unpaired) electrons. The molecule has 2 aliphatic heterocycles. The minimum Gasteiger partial charge on any atom is -0.368 e. The molecule has 2 aliphatic rings. The van der Waals surface area contributed by atoms with Crippen LogP contribution in [-0.4, -0.2) is 79.5 Å². The van der Waals surface area contributed by atoms with Gasteiger partial charge in [0.2, 0.25) is 5.91 Å². The molecule has 8 nitrogen and oxygen atoms in total. The SMILES string of the molecule is CCCNC(=O)CN1CCN(C(=O)c2cccc(NC(=O)C3CCCO3)c2)CC1. The monoisotopic (exact) mass is 402 g/mol. The number of benzene rings is 1. The number of hydrogen-bond donors (Lipinski definition) is 2. The average molecular weight is 402 g/mol. The molecule has 1 atom stereocenters. The molecule has 0 bridgehead atoms. The van der Waals surface area contributed by atoms with Crippen LogP contribution in [0, 0.1) is 0 Å². The molecule has 2 N–H and O–H groups in total. The molecular weight excluding hydrogens is 372 g/mol. The largest absolute Gasteiger partial charge is 0.368 e. The Kier molecular flexibility index (Phi) is 7.60. The molecule has 2 heterocycles. The van der Waals surface area contributed by atoms with E-state index in [1.54, 1.807) is 29.2 Å². The van der Waals surface area contributed by atoms with Crippen molar-refractivity contribution in [2.24, 2.45) is 0 Å². The van der Waals surface area contributed by atoms with E-state index in [4.69, 9.17) is 4.74 Å². The molecule has 3 amide bonds. The standard InChI is InChI=1S/C21H30N4O4/c1-2-8-22-19(26)15-24-9-11-25(12-10-24)21(28)16-5-3-6-17(14-16)23-20(27)18-7-4-13-29-18/h3,5-6,14,18H,2,4,7-13,15H2,1H3,(H,22,26)(H,23,27). The van der Waals surface area contributed by atoms with Gasteiger partial charge in [0, 0.05) is 50.6 Å². The zero-order valence-electron chi connectivity index (χ0n) is 17.0. The molecule has 0 aliphatic carbocycles. The van der Waals surface area contributed by atoms with Crippen LogP contribution >= 0.6 is 0 Å². The van der Waals surface area contributed by atoms with Crippen LogP contribution in [0.25, 0.3) is 0 Å². The Bertz CT molecular complexity index is 725. The number of carbonyl (C=O) groups is 3. The second-order valence-corrected chi connectivity index (χ2v) is 7.49. The van der Waals surface area contributed by atoms with E-state index in [-0.39, 0.29) is 17.7 Å². The van der Waals surface area contributed by atoms with Crippen molar-refractivity contribution in [1.29, 1.82) is 0 Å². The predicted octanol–water partition coefficient (Wildman–Crippen LogP) is 1.09. The lowest BCUT2D eigenvalue weighted by Gasteiger charge is -2.34. The van der Waals surface area contributed by atoms with Crippen molar-refractivity contribution in [1.82, 2.24) is 15.1 Å². The van der Waals surface area contributed by atoms with Crippen LogP contribution in [0.5, 0.6) is 0 Å². The summed E-state index contributed by atoms with van der Waals surface area (Å²) in [6, 6.07) is 7.01. The first-order chi connectivity index (χ1) is 14.1. The van der Waals surface area contributed by atoms with E-state index >= 15 is 0 Å². The van der Waals surface area contributed by atoms with E-state index in [1.807, 2.05) is 6.92 Å². The Morgan fingerprint density at radius 1 is 1.17 bits per heavy atom. The van der Waals surface area contributed by atoms with Gasteiger partial charge in [0.25, 0.3) is 11.8 Å². The molecule has 1 unspecified atom stereocenters. The Morgan fingerprint density at radius 2 is 1.97 bits per heavy atom. The van der Waals surface area contributed by atoms with Crippen LogP contribution < -0.4 is 10.6 Å². The number of piperazine rings is 1. The minimum atomic E-state index is -0.406. The highest BCUT2D eigenvalue weighted by molar-refractivity contribution is 5.98. The molecule has 2 fully saturated rings. The fourth-order valence-corrected chi connectivity index (χ4v) is 3.55. The van der Waals surface area contributed by atoms with Gasteiger partial charge in [-0.3, -0.25) is 19.3 Å². The van der Waals surface area contributed by atoms with E-state index in [9.17, 15) is 14.4 Å². The minimum absolute atomic E-state index is 0.0290. The zero-order chi connectivity index (χ0) is 20.6. The Labute approximate surface area is 171 Å². The molecular formula is C21H30N4O4. The Morgan fingerprint density at radius 3 is 2.66 bits per heavy atom. The van der Waals surface area contributed by atoms with Crippen LogP contribution in [0.15, 0.2) is 24.3 Å². The highest BCUT2D eigenvalue weighted by Gasteiger charge is 2.25. The number of nitrogens with zero attached hydrogens (tertiary/aromatic N) is 2. The van der Waals surface area contributed by atoms with Crippen molar-refractivity contribution in [3.63, 3.8) is 0 Å². The van der Waals surface area contributed by atoms with Crippen LogP contribution in [0.1, 0.15) is 36.5 Å². The lowest BCUT2D eigenvalue weighted by atomic mass is 10.1. The van der Waals surface area contributed by atoms with Gasteiger partial charge in [0.1, 0.15) is 6.10 Å². The maximum Gasteiger partial charge on any atom is 0.254 e. The van der Waals surface area contributed by atoms with Gasteiger partial charge in [-0.05, 0) is 37.5 Å². The third kappa shape index (κ3) is 6.01. The van der Waals surface area contributed by atoms with E-state index in [0.29, 0.717) is 57.1 Å². The smallest absolute Gasteiger partial charge is 0.254 e. The van der Waals surface area contributed by atoms with Gasteiger partial charge < -0.3 is 20.3 Å². The van der Waals surface area contributed by atoms with Crippen molar-refractivity contribution in [3.05, 3.63) is 29.8 Å². The second-order valence-electron chi connectivity index (χ2n) is 7.49. The van der Waals surface area contributed by atoms with Crippen LogP contribution in [0.2, 0.25) is 0 Å². The summed E-state index contributed by atoms with van der Waals surface area (Å²) in [7, 11) is 0. The molecule has 1 aromatic carbocycles. The first kappa shape index (κ1) is 21.3. The van der Waals surface area contributed by atoms with E-state index < -0.39 is 6.10 Å². The maximum atomic E-state index is 12.9. The van der Waals surface area contributed by atoms with E-state index in [2.05, 4.69) is 15.5 Å². The first-order valence-corrected chi connectivity index (χ1v) is 10.4. The molecule has 0 saturated carbocycles. The molecule has 8 heteroatoms. The number of amides is 3. The van der Waals surface area contributed by atoms with Crippen LogP contribution in [0.4, 0.5) is 5.69 Å². The van der Waals surface area contributed by atoms with Crippen molar-refractivity contribution in [2.45, 2.75) is 32.3 Å². The molecule has 2 saturated heterocycles. The van der Waals surface area contributed by atoms with Gasteiger partial charge in [0.05, 0.1) is 6.54 Å². The van der Waals surface area contributed by atoms with E-state index in [0.717, 1.165) is 19.3 Å². The topological polar surface area (TPSA) is 91.0 Å². The molecule has 158 valence electrons. The van der Waals surface area contributed by atoms with Crippen LogP contribution in [0.3, 0.4) is 0 Å². The summed E-state index contributed by atoms with van der Waals surface area (Å²) in [5, 5.41) is 5.72. The highest BCUT2D eigenvalue weighted by Crippen LogP contribution is 2.17. The van der Waals surface area contributed by atoms with Gasteiger partial charge in [-0.1, -0.05) is 13.0 Å². The lowest BCUT2D eigenvalue weighted by molar-refractivity contribution is -0.124. The summed E-state index contributed by atoms with van der Waals surface area (Å²) in [4.78, 5) is 40.8. The highest BCUT2D eigenvalue weighted by atomic mass is 16.5. The van der Waals surface area contributed by atoms with Crippen molar-refractivity contribution < 1.29 is 19.1 Å². The van der Waals surface area contributed by atoms with Gasteiger partial charge >= 0.3 is 0 Å². The second kappa shape index (κ2) is 10.4. The third-order valence-electron chi connectivity index (χ3n) is 5.20. The summed E-state index contributed by atoms with van der Waals surface area (Å²) < 4.78 is 5.40. The van der Waals surface area contributed by atoms with Gasteiger partial charge in [0.15, 0.2) is 0 Å². The predicted molar refractivity (Wildman–Crippen MR) is 110 cm³/mol. The van der Waals surface area contributed by atoms with Crippen molar-refractivity contribution in [3.8, 4) is 0 Å². The third-order valence-corrected chi connectivity index (χ3v) is 5.20. The van der Waals surface area contributed by atoms with Crippen molar-refractivity contribution in [2.75, 3.05) is 51.2 Å². The van der Waals surface area contributed by atoms with Crippen LogP contribution in [-0.2, 0) is 14.3 Å². The number of anilines is 1. The summed E-state index contributed by atoms with van der Waals surface area (Å²) in [5.74, 6) is -0.198. The number of nitrogens with one attached hydrogen (secondary N) is 2. The van der Waals surface area contributed by atoms with E-state index in [1.165, 1.54) is 0 Å². The maximum absolute atomic E-state index is 12.9. The summed E-state index contributed by atoms with van der Waals surface area (Å²) in [6.07, 6.45) is 2.13. The fraction of sp³-hybridized carbons (Fsp3) is 0.571. The van der Waals surface area contributed by atoms with Crippen molar-refractivity contribution >= 4 is 23.4 Å². The Balaban J connectivity index is 1.50. The fourth-order valence-electron chi connectivity index (χ4n) is 3.55. The summed E-state index contributed by atoms with van der Waals surface area (Å²) in [5.41, 5.74) is 1.15. The average Bonchev–Trinajstić information content (AvgIpc) is 3.28. The lowest BCUT2D eigenvalue weighted by Crippen LogP contribution is -2.51. The Hall–Kier alpha value is -2.45. The normalized spacial score (nSPS) is 19.8. The quantitative estimate of drug-likeness (QED) is 0.712. The number of ether oxygens (including phenoxy) is 1. The number of carbonyl (C=O) groups excluding carboxylic acids is 3. The van der Waals surface area contributed by atoms with Gasteiger partial charge in [-0.2, -0.15) is 0 Å². The van der Waals surface area contributed by atoms with Gasteiger partial charge in [-0.25, -0.2) is 0 Å². The molecule has 3 rings (SSSR count). The molecule has 0 aromatic heterocycles. The molecule has 1 aromatic rings. The van der Waals surface area contributed by atoms with Gasteiger partial charge in [-0.15, -0.1) is 0 Å².